The summed E-state index contributed by atoms with van der Waals surface area (Å²) in [5, 5.41) is 5.59. The lowest BCUT2D eigenvalue weighted by atomic mass is 9.98. The van der Waals surface area contributed by atoms with Crippen LogP contribution in [0.15, 0.2) is 78.9 Å². The Kier molecular flexibility index (Phi) is 8.86. The van der Waals surface area contributed by atoms with Crippen molar-refractivity contribution >= 4 is 26.0 Å². The second-order valence-corrected chi connectivity index (χ2v) is 16.6. The van der Waals surface area contributed by atoms with E-state index in [9.17, 15) is 14.4 Å². The largest absolute Gasteiger partial charge is 0.467 e. The molecule has 39 heavy (non-hydrogen) atoms. The van der Waals surface area contributed by atoms with Gasteiger partial charge in [-0.15, -0.1) is 0 Å². The molecule has 0 unspecified atom stereocenters. The smallest absolute Gasteiger partial charge is 0.407 e. The van der Waals surface area contributed by atoms with E-state index in [1.165, 1.54) is 7.11 Å². The summed E-state index contributed by atoms with van der Waals surface area (Å²) in [6.45, 7) is 6.51. The molecule has 2 N–H and O–H groups in total. The van der Waals surface area contributed by atoms with Crippen LogP contribution in [0.3, 0.4) is 0 Å². The number of fused-ring (bicyclic) bond motifs is 3. The SMILES string of the molecule is COC(=O)[C@H](Cc1ccccc1)NC(=O)[C@H](C[Si](C)(C)C)NC(=O)OCC1c2ccccc2-c2ccccc21. The van der Waals surface area contributed by atoms with Gasteiger partial charge < -0.3 is 20.1 Å². The Bertz CT molecular complexity index is 1280. The molecule has 0 heterocycles. The molecule has 0 bridgehead atoms. The van der Waals surface area contributed by atoms with Crippen molar-refractivity contribution in [1.29, 1.82) is 0 Å². The average Bonchev–Trinajstić information content (AvgIpc) is 3.24. The van der Waals surface area contributed by atoms with Crippen LogP contribution in [0.5, 0.6) is 0 Å². The molecule has 1 aliphatic carbocycles. The van der Waals surface area contributed by atoms with Gasteiger partial charge in [-0.2, -0.15) is 0 Å². The number of hydrogen-bond acceptors (Lipinski definition) is 5. The molecule has 3 aromatic rings. The summed E-state index contributed by atoms with van der Waals surface area (Å²) in [7, 11) is -0.509. The molecule has 0 aliphatic heterocycles. The first-order chi connectivity index (χ1) is 18.7. The van der Waals surface area contributed by atoms with Gasteiger partial charge in [-0.05, 0) is 33.9 Å². The van der Waals surface area contributed by atoms with E-state index < -0.39 is 38.1 Å². The summed E-state index contributed by atoms with van der Waals surface area (Å²) >= 11 is 0. The molecule has 0 spiro atoms. The molecule has 204 valence electrons. The third kappa shape index (κ3) is 7.14. The first-order valence-electron chi connectivity index (χ1n) is 13.2. The second-order valence-electron chi connectivity index (χ2n) is 11.1. The maximum atomic E-state index is 13.4. The molecular formula is C31H36N2O5Si. The summed E-state index contributed by atoms with van der Waals surface area (Å²) < 4.78 is 10.6. The third-order valence-electron chi connectivity index (χ3n) is 6.85. The summed E-state index contributed by atoms with van der Waals surface area (Å²) in [4.78, 5) is 38.9. The minimum Gasteiger partial charge on any atom is -0.467 e. The highest BCUT2D eigenvalue weighted by Gasteiger charge is 2.33. The number of methoxy groups -OCH3 is 1. The minimum absolute atomic E-state index is 0.0815. The molecule has 0 fully saturated rings. The van der Waals surface area contributed by atoms with Crippen LogP contribution in [-0.4, -0.2) is 51.8 Å². The fraction of sp³-hybridized carbons (Fsp3) is 0.323. The van der Waals surface area contributed by atoms with Gasteiger partial charge >= 0.3 is 12.1 Å². The van der Waals surface area contributed by atoms with Crippen molar-refractivity contribution in [3.8, 4) is 11.1 Å². The van der Waals surface area contributed by atoms with Gasteiger partial charge in [-0.3, -0.25) is 4.79 Å². The predicted octanol–water partition coefficient (Wildman–Crippen LogP) is 5.13. The molecule has 1 aliphatic rings. The Morgan fingerprint density at radius 1 is 0.795 bits per heavy atom. The number of nitrogens with one attached hydrogen (secondary N) is 2. The van der Waals surface area contributed by atoms with Crippen molar-refractivity contribution in [2.75, 3.05) is 13.7 Å². The number of alkyl carbamates (subject to hydrolysis) is 1. The number of esters is 1. The van der Waals surface area contributed by atoms with E-state index in [1.807, 2.05) is 54.6 Å². The lowest BCUT2D eigenvalue weighted by Gasteiger charge is -2.26. The highest BCUT2D eigenvalue weighted by molar-refractivity contribution is 6.76. The van der Waals surface area contributed by atoms with Crippen molar-refractivity contribution in [3.63, 3.8) is 0 Å². The predicted molar refractivity (Wildman–Crippen MR) is 154 cm³/mol. The van der Waals surface area contributed by atoms with Crippen LogP contribution in [0.25, 0.3) is 11.1 Å². The van der Waals surface area contributed by atoms with Gasteiger partial charge in [0.1, 0.15) is 18.7 Å². The van der Waals surface area contributed by atoms with Crippen LogP contribution in [0.4, 0.5) is 4.79 Å². The van der Waals surface area contributed by atoms with Gasteiger partial charge in [-0.1, -0.05) is 98.5 Å². The quantitative estimate of drug-likeness (QED) is 0.273. The molecule has 0 aromatic heterocycles. The monoisotopic (exact) mass is 544 g/mol. The van der Waals surface area contributed by atoms with E-state index in [1.54, 1.807) is 0 Å². The van der Waals surface area contributed by atoms with Gasteiger partial charge in [0.05, 0.1) is 7.11 Å². The number of hydrogen-bond donors (Lipinski definition) is 2. The van der Waals surface area contributed by atoms with E-state index in [2.05, 4.69) is 54.5 Å². The van der Waals surface area contributed by atoms with E-state index in [4.69, 9.17) is 9.47 Å². The van der Waals surface area contributed by atoms with E-state index in [0.29, 0.717) is 6.04 Å². The zero-order valence-electron chi connectivity index (χ0n) is 22.9. The molecule has 7 nitrogen and oxygen atoms in total. The number of carbonyl (C=O) groups excluding carboxylic acids is 3. The Balaban J connectivity index is 1.44. The van der Waals surface area contributed by atoms with Crippen LogP contribution < -0.4 is 10.6 Å². The fourth-order valence-corrected chi connectivity index (χ4v) is 6.57. The van der Waals surface area contributed by atoms with Crippen molar-refractivity contribution in [2.24, 2.45) is 0 Å². The summed E-state index contributed by atoms with van der Waals surface area (Å²) in [6.07, 6.45) is -0.378. The average molecular weight is 545 g/mol. The number of carbonyl (C=O) groups is 3. The van der Waals surface area contributed by atoms with E-state index in [0.717, 1.165) is 27.8 Å². The second kappa shape index (κ2) is 12.3. The van der Waals surface area contributed by atoms with E-state index in [-0.39, 0.29) is 18.9 Å². The maximum Gasteiger partial charge on any atom is 0.407 e. The highest BCUT2D eigenvalue weighted by Crippen LogP contribution is 2.44. The molecule has 0 saturated heterocycles. The molecule has 2 amide bonds. The van der Waals surface area contributed by atoms with Crippen LogP contribution >= 0.6 is 0 Å². The molecule has 4 rings (SSSR count). The van der Waals surface area contributed by atoms with Crippen molar-refractivity contribution in [3.05, 3.63) is 95.6 Å². The van der Waals surface area contributed by atoms with Crippen LogP contribution in [-0.2, 0) is 25.5 Å². The standard InChI is InChI=1S/C31H36N2O5Si/c1-37-30(35)27(18-21-12-6-5-7-13-21)32-29(34)28(20-39(2,3)4)33-31(36)38-19-26-24-16-10-8-14-22(24)23-15-9-11-17-25(23)26/h5-17,26-28H,18-20H2,1-4H3,(H,32,34)(H,33,36)/t27-,28-/m0/s1. The number of rotatable bonds is 10. The first kappa shape index (κ1) is 28.1. The van der Waals surface area contributed by atoms with Crippen LogP contribution in [0.1, 0.15) is 22.6 Å². The van der Waals surface area contributed by atoms with Gasteiger partial charge in [0.15, 0.2) is 0 Å². The Hall–Kier alpha value is -3.91. The van der Waals surface area contributed by atoms with Gasteiger partial charge in [0.25, 0.3) is 0 Å². The Morgan fingerprint density at radius 2 is 1.36 bits per heavy atom. The topological polar surface area (TPSA) is 93.7 Å². The van der Waals surface area contributed by atoms with Gasteiger partial charge in [0, 0.05) is 20.4 Å². The van der Waals surface area contributed by atoms with Gasteiger partial charge in [-0.25, -0.2) is 9.59 Å². The number of ether oxygens (including phenoxy) is 2. The zero-order chi connectivity index (χ0) is 28.0. The maximum absolute atomic E-state index is 13.4. The molecule has 0 radical (unpaired) electrons. The molecular weight excluding hydrogens is 508 g/mol. The molecule has 8 heteroatoms. The third-order valence-corrected chi connectivity index (χ3v) is 8.49. The van der Waals surface area contributed by atoms with Crippen LogP contribution in [0, 0.1) is 0 Å². The van der Waals surface area contributed by atoms with Crippen molar-refractivity contribution in [2.45, 2.75) is 50.1 Å². The number of amides is 2. The minimum atomic E-state index is -1.80. The van der Waals surface area contributed by atoms with Crippen molar-refractivity contribution in [1.82, 2.24) is 10.6 Å². The zero-order valence-corrected chi connectivity index (χ0v) is 23.9. The summed E-state index contributed by atoms with van der Waals surface area (Å²) in [5.74, 6) is -1.06. The van der Waals surface area contributed by atoms with Crippen LogP contribution in [0.2, 0.25) is 25.7 Å². The Labute approximate surface area is 230 Å². The molecule has 0 saturated carbocycles. The summed E-state index contributed by atoms with van der Waals surface area (Å²) in [5.41, 5.74) is 5.41. The summed E-state index contributed by atoms with van der Waals surface area (Å²) in [6, 6.07) is 24.4. The Morgan fingerprint density at radius 3 is 1.92 bits per heavy atom. The lowest BCUT2D eigenvalue weighted by molar-refractivity contribution is -0.145. The first-order valence-corrected chi connectivity index (χ1v) is 16.9. The normalized spacial score (nSPS) is 13.9. The lowest BCUT2D eigenvalue weighted by Crippen LogP contribution is -2.54. The molecule has 3 aromatic carbocycles. The molecule has 2 atom stereocenters. The van der Waals surface area contributed by atoms with E-state index >= 15 is 0 Å². The highest BCUT2D eigenvalue weighted by atomic mass is 28.3. The number of benzene rings is 3. The fourth-order valence-electron chi connectivity index (χ4n) is 5.06. The van der Waals surface area contributed by atoms with Gasteiger partial charge in [0.2, 0.25) is 5.91 Å². The van der Waals surface area contributed by atoms with Crippen molar-refractivity contribution < 1.29 is 23.9 Å².